The zero-order valence-electron chi connectivity index (χ0n) is 9.96. The fourth-order valence-electron chi connectivity index (χ4n) is 1.64. The van der Waals surface area contributed by atoms with Gasteiger partial charge in [-0.25, -0.2) is 4.79 Å². The number of amides is 3. The molecule has 3 amide bonds. The smallest absolute Gasteiger partial charge is 0.325 e. The number of hydrogen-bond donors (Lipinski definition) is 3. The van der Waals surface area contributed by atoms with Crippen LogP contribution >= 0.6 is 0 Å². The molecule has 19 heavy (non-hydrogen) atoms. The SMILES string of the molecule is N[C@@H](Cc1ccccc1)C(=O)OC1NC(=O)NC1=O. The van der Waals surface area contributed by atoms with E-state index in [1.54, 1.807) is 0 Å². The van der Waals surface area contributed by atoms with E-state index in [2.05, 4.69) is 5.32 Å². The largest absolute Gasteiger partial charge is 0.431 e. The van der Waals surface area contributed by atoms with E-state index in [4.69, 9.17) is 10.5 Å². The summed E-state index contributed by atoms with van der Waals surface area (Å²) in [5, 5.41) is 4.11. The van der Waals surface area contributed by atoms with Gasteiger partial charge in [0.1, 0.15) is 6.04 Å². The van der Waals surface area contributed by atoms with Crippen molar-refractivity contribution in [3.8, 4) is 0 Å². The lowest BCUT2D eigenvalue weighted by atomic mass is 10.1. The topological polar surface area (TPSA) is 111 Å². The van der Waals surface area contributed by atoms with Crippen LogP contribution in [0.25, 0.3) is 0 Å². The van der Waals surface area contributed by atoms with Gasteiger partial charge in [0.15, 0.2) is 0 Å². The van der Waals surface area contributed by atoms with Crippen molar-refractivity contribution in [2.45, 2.75) is 18.7 Å². The van der Waals surface area contributed by atoms with Gasteiger partial charge in [0.25, 0.3) is 12.1 Å². The molecule has 1 aliphatic heterocycles. The first-order valence-electron chi connectivity index (χ1n) is 5.67. The van der Waals surface area contributed by atoms with Crippen LogP contribution in [0.1, 0.15) is 5.56 Å². The second-order valence-corrected chi connectivity index (χ2v) is 4.08. The fourth-order valence-corrected chi connectivity index (χ4v) is 1.64. The molecule has 0 bridgehead atoms. The van der Waals surface area contributed by atoms with E-state index in [0.29, 0.717) is 6.42 Å². The minimum Gasteiger partial charge on any atom is -0.431 e. The maximum atomic E-state index is 11.7. The lowest BCUT2D eigenvalue weighted by Gasteiger charge is -2.14. The molecule has 1 aromatic carbocycles. The van der Waals surface area contributed by atoms with Crippen LogP contribution in [0.2, 0.25) is 0 Å². The molecular formula is C12H13N3O4. The molecule has 1 saturated heterocycles. The Morgan fingerprint density at radius 3 is 2.58 bits per heavy atom. The van der Waals surface area contributed by atoms with E-state index >= 15 is 0 Å². The highest BCUT2D eigenvalue weighted by Crippen LogP contribution is 2.05. The number of carbonyl (C=O) groups is 3. The first-order chi connectivity index (χ1) is 9.06. The third-order valence-electron chi connectivity index (χ3n) is 2.57. The summed E-state index contributed by atoms with van der Waals surface area (Å²) in [5.74, 6) is -1.45. The molecule has 0 radical (unpaired) electrons. The van der Waals surface area contributed by atoms with Crippen LogP contribution in [0.5, 0.6) is 0 Å². The summed E-state index contributed by atoms with van der Waals surface area (Å²) in [7, 11) is 0. The van der Waals surface area contributed by atoms with E-state index in [-0.39, 0.29) is 0 Å². The Morgan fingerprint density at radius 2 is 2.00 bits per heavy atom. The molecule has 0 saturated carbocycles. The Balaban J connectivity index is 1.89. The van der Waals surface area contributed by atoms with E-state index in [9.17, 15) is 14.4 Å². The number of nitrogens with one attached hydrogen (secondary N) is 2. The molecule has 1 fully saturated rings. The first kappa shape index (κ1) is 13.0. The van der Waals surface area contributed by atoms with E-state index in [0.717, 1.165) is 5.56 Å². The van der Waals surface area contributed by atoms with Crippen molar-refractivity contribution in [2.24, 2.45) is 5.73 Å². The van der Waals surface area contributed by atoms with Crippen LogP contribution < -0.4 is 16.4 Å². The van der Waals surface area contributed by atoms with Gasteiger partial charge in [0.05, 0.1) is 0 Å². The summed E-state index contributed by atoms with van der Waals surface area (Å²) < 4.78 is 4.82. The molecule has 2 atom stereocenters. The third-order valence-corrected chi connectivity index (χ3v) is 2.57. The average Bonchev–Trinajstić information content (AvgIpc) is 2.69. The molecule has 1 unspecified atom stereocenters. The minimum absolute atomic E-state index is 0.294. The van der Waals surface area contributed by atoms with Crippen LogP contribution in [0.3, 0.4) is 0 Å². The Bertz CT molecular complexity index is 503. The van der Waals surface area contributed by atoms with Crippen LogP contribution in [0.15, 0.2) is 30.3 Å². The number of benzene rings is 1. The zero-order chi connectivity index (χ0) is 13.8. The van der Waals surface area contributed by atoms with E-state index < -0.39 is 30.2 Å². The van der Waals surface area contributed by atoms with Crippen molar-refractivity contribution in [1.29, 1.82) is 0 Å². The molecule has 1 aliphatic rings. The maximum absolute atomic E-state index is 11.7. The van der Waals surface area contributed by atoms with Gasteiger partial charge >= 0.3 is 12.0 Å². The lowest BCUT2D eigenvalue weighted by molar-refractivity contribution is -0.156. The molecule has 1 aromatic rings. The number of carbonyl (C=O) groups excluding carboxylic acids is 3. The van der Waals surface area contributed by atoms with Crippen LogP contribution in [-0.4, -0.2) is 30.2 Å². The highest BCUT2D eigenvalue weighted by Gasteiger charge is 2.34. The Hall–Kier alpha value is -2.41. The molecule has 1 heterocycles. The van der Waals surface area contributed by atoms with Crippen molar-refractivity contribution in [3.05, 3.63) is 35.9 Å². The molecular weight excluding hydrogens is 250 g/mol. The highest BCUT2D eigenvalue weighted by molar-refractivity contribution is 6.04. The van der Waals surface area contributed by atoms with Crippen molar-refractivity contribution < 1.29 is 19.1 Å². The number of ether oxygens (including phenoxy) is 1. The summed E-state index contributed by atoms with van der Waals surface area (Å²) in [6.45, 7) is 0. The Labute approximate surface area is 109 Å². The summed E-state index contributed by atoms with van der Waals surface area (Å²) in [6, 6.07) is 7.59. The van der Waals surface area contributed by atoms with Gasteiger partial charge < -0.3 is 10.5 Å². The Morgan fingerprint density at radius 1 is 1.32 bits per heavy atom. The van der Waals surface area contributed by atoms with Crippen molar-refractivity contribution >= 4 is 17.9 Å². The second kappa shape index (κ2) is 5.49. The number of imide groups is 1. The number of nitrogens with two attached hydrogens (primary N) is 1. The molecule has 100 valence electrons. The third kappa shape index (κ3) is 3.29. The molecule has 0 aliphatic carbocycles. The predicted molar refractivity (Wildman–Crippen MR) is 64.7 cm³/mol. The Kier molecular flexibility index (Phi) is 3.76. The minimum atomic E-state index is -1.30. The summed E-state index contributed by atoms with van der Waals surface area (Å²) in [6.07, 6.45) is -1.01. The molecule has 2 rings (SSSR count). The molecule has 0 aromatic heterocycles. The van der Waals surface area contributed by atoms with Crippen LogP contribution in [-0.2, 0) is 20.7 Å². The van der Waals surface area contributed by atoms with Gasteiger partial charge in [-0.2, -0.15) is 0 Å². The lowest BCUT2D eigenvalue weighted by Crippen LogP contribution is -2.41. The summed E-state index contributed by atoms with van der Waals surface area (Å²) in [4.78, 5) is 33.7. The van der Waals surface area contributed by atoms with Crippen LogP contribution in [0, 0.1) is 0 Å². The highest BCUT2D eigenvalue weighted by atomic mass is 16.6. The zero-order valence-corrected chi connectivity index (χ0v) is 9.96. The van der Waals surface area contributed by atoms with Gasteiger partial charge in [0, 0.05) is 0 Å². The monoisotopic (exact) mass is 263 g/mol. The average molecular weight is 263 g/mol. The summed E-state index contributed by atoms with van der Waals surface area (Å²) >= 11 is 0. The normalized spacial score (nSPS) is 19.5. The van der Waals surface area contributed by atoms with Crippen molar-refractivity contribution in [3.63, 3.8) is 0 Å². The van der Waals surface area contributed by atoms with Crippen molar-refractivity contribution in [2.75, 3.05) is 0 Å². The quantitative estimate of drug-likeness (QED) is 0.489. The predicted octanol–water partition coefficient (Wildman–Crippen LogP) is -0.735. The number of hydrogen-bond acceptors (Lipinski definition) is 5. The van der Waals surface area contributed by atoms with E-state index in [1.807, 2.05) is 35.6 Å². The maximum Gasteiger partial charge on any atom is 0.325 e. The van der Waals surface area contributed by atoms with Gasteiger partial charge in [-0.3, -0.25) is 20.2 Å². The number of esters is 1. The molecule has 7 heteroatoms. The summed E-state index contributed by atoms with van der Waals surface area (Å²) in [5.41, 5.74) is 6.57. The van der Waals surface area contributed by atoms with Gasteiger partial charge in [-0.1, -0.05) is 30.3 Å². The van der Waals surface area contributed by atoms with Crippen LogP contribution in [0.4, 0.5) is 4.79 Å². The van der Waals surface area contributed by atoms with E-state index in [1.165, 1.54) is 0 Å². The fraction of sp³-hybridized carbons (Fsp3) is 0.250. The van der Waals surface area contributed by atoms with Gasteiger partial charge in [-0.15, -0.1) is 0 Å². The molecule has 4 N–H and O–H groups in total. The van der Waals surface area contributed by atoms with Gasteiger partial charge in [0.2, 0.25) is 0 Å². The second-order valence-electron chi connectivity index (χ2n) is 4.08. The molecule has 7 nitrogen and oxygen atoms in total. The molecule has 0 spiro atoms. The standard InChI is InChI=1S/C12H13N3O4/c13-8(6-7-4-2-1-3-5-7)11(17)19-10-9(16)14-12(18)15-10/h1-5,8,10H,6,13H2,(H2,14,15,16,18)/t8-,10?/m0/s1. The van der Waals surface area contributed by atoms with Gasteiger partial charge in [-0.05, 0) is 12.0 Å². The number of rotatable bonds is 4. The van der Waals surface area contributed by atoms with Crippen molar-refractivity contribution in [1.82, 2.24) is 10.6 Å². The number of urea groups is 1. The first-order valence-corrected chi connectivity index (χ1v) is 5.67.